The fourth-order valence-corrected chi connectivity index (χ4v) is 3.44. The fraction of sp³-hybridized carbons (Fsp3) is 0.200. The maximum absolute atomic E-state index is 4.74. The van der Waals surface area contributed by atoms with Crippen molar-refractivity contribution < 1.29 is 0 Å². The van der Waals surface area contributed by atoms with Gasteiger partial charge in [-0.25, -0.2) is 9.97 Å². The molecule has 124 valence electrons. The summed E-state index contributed by atoms with van der Waals surface area (Å²) in [6.07, 6.45) is 0. The summed E-state index contributed by atoms with van der Waals surface area (Å²) in [6.45, 7) is 4.15. The molecule has 1 aliphatic rings. The number of hydrogen-bond acceptors (Lipinski definition) is 4. The van der Waals surface area contributed by atoms with Crippen molar-refractivity contribution in [3.05, 3.63) is 54.6 Å². The Morgan fingerprint density at radius 2 is 1.72 bits per heavy atom. The van der Waals surface area contributed by atoms with Gasteiger partial charge in [0.1, 0.15) is 5.69 Å². The van der Waals surface area contributed by atoms with Gasteiger partial charge in [0.25, 0.3) is 0 Å². The van der Waals surface area contributed by atoms with Crippen LogP contribution in [0.3, 0.4) is 0 Å². The van der Waals surface area contributed by atoms with Crippen molar-refractivity contribution in [2.75, 3.05) is 31.1 Å². The molecule has 2 aromatic carbocycles. The monoisotopic (exact) mass is 329 g/mol. The molecule has 5 rings (SSSR count). The Balaban J connectivity index is 1.54. The summed E-state index contributed by atoms with van der Waals surface area (Å²) in [4.78, 5) is 15.3. The number of imidazole rings is 1. The minimum absolute atomic E-state index is 0.818. The van der Waals surface area contributed by atoms with E-state index in [9.17, 15) is 0 Å². The van der Waals surface area contributed by atoms with Crippen molar-refractivity contribution in [1.82, 2.24) is 20.3 Å². The van der Waals surface area contributed by atoms with Crippen LogP contribution in [0.2, 0.25) is 0 Å². The van der Waals surface area contributed by atoms with Gasteiger partial charge in [0.05, 0.1) is 16.6 Å². The SMILES string of the molecule is c1ccc2nc(-c3nc4ccc(N5CCNCC5)cc4[nH]3)ccc2c1. The Labute approximate surface area is 145 Å². The predicted octanol–water partition coefficient (Wildman–Crippen LogP) is 3.19. The number of nitrogens with zero attached hydrogens (tertiary/aromatic N) is 3. The summed E-state index contributed by atoms with van der Waals surface area (Å²) in [5.41, 5.74) is 5.14. The lowest BCUT2D eigenvalue weighted by molar-refractivity contribution is 0.589. The number of H-pyrrole nitrogens is 1. The number of aromatic amines is 1. The van der Waals surface area contributed by atoms with Crippen LogP contribution in [0, 0.1) is 0 Å². The molecule has 0 spiro atoms. The first-order chi connectivity index (χ1) is 12.4. The molecule has 0 saturated carbocycles. The predicted molar refractivity (Wildman–Crippen MR) is 102 cm³/mol. The second kappa shape index (κ2) is 5.86. The molecule has 0 atom stereocenters. The highest BCUT2D eigenvalue weighted by molar-refractivity contribution is 5.84. The number of nitrogens with one attached hydrogen (secondary N) is 2. The van der Waals surface area contributed by atoms with Gasteiger partial charge in [-0.2, -0.15) is 0 Å². The molecular weight excluding hydrogens is 310 g/mol. The van der Waals surface area contributed by atoms with E-state index in [0.717, 1.165) is 59.6 Å². The van der Waals surface area contributed by atoms with E-state index in [2.05, 4.69) is 45.5 Å². The van der Waals surface area contributed by atoms with Gasteiger partial charge in [-0.1, -0.05) is 24.3 Å². The van der Waals surface area contributed by atoms with Gasteiger partial charge < -0.3 is 15.2 Å². The van der Waals surface area contributed by atoms with E-state index in [4.69, 9.17) is 9.97 Å². The molecule has 2 N–H and O–H groups in total. The highest BCUT2D eigenvalue weighted by Gasteiger charge is 2.13. The normalized spacial score (nSPS) is 15.1. The molecule has 5 heteroatoms. The van der Waals surface area contributed by atoms with Gasteiger partial charge in [-0.15, -0.1) is 0 Å². The third-order valence-electron chi connectivity index (χ3n) is 4.79. The molecule has 3 heterocycles. The van der Waals surface area contributed by atoms with Gasteiger partial charge >= 0.3 is 0 Å². The number of benzene rings is 2. The second-order valence-electron chi connectivity index (χ2n) is 6.41. The lowest BCUT2D eigenvalue weighted by atomic mass is 10.2. The van der Waals surface area contributed by atoms with Crippen LogP contribution < -0.4 is 10.2 Å². The van der Waals surface area contributed by atoms with Crippen molar-refractivity contribution in [3.8, 4) is 11.5 Å². The molecule has 1 fully saturated rings. The topological polar surface area (TPSA) is 56.8 Å². The smallest absolute Gasteiger partial charge is 0.157 e. The van der Waals surface area contributed by atoms with E-state index < -0.39 is 0 Å². The van der Waals surface area contributed by atoms with Gasteiger partial charge in [0, 0.05) is 37.3 Å². The van der Waals surface area contributed by atoms with Crippen LogP contribution >= 0.6 is 0 Å². The zero-order valence-electron chi connectivity index (χ0n) is 13.9. The molecule has 0 aliphatic carbocycles. The molecule has 0 radical (unpaired) electrons. The summed E-state index contributed by atoms with van der Waals surface area (Å²) in [5, 5.41) is 4.53. The highest BCUT2D eigenvalue weighted by atomic mass is 15.2. The number of piperazine rings is 1. The lowest BCUT2D eigenvalue weighted by Gasteiger charge is -2.29. The molecule has 5 nitrogen and oxygen atoms in total. The fourth-order valence-electron chi connectivity index (χ4n) is 3.44. The Morgan fingerprint density at radius 3 is 2.64 bits per heavy atom. The largest absolute Gasteiger partial charge is 0.369 e. The minimum atomic E-state index is 0.818. The first-order valence-electron chi connectivity index (χ1n) is 8.68. The first-order valence-corrected chi connectivity index (χ1v) is 8.68. The van der Waals surface area contributed by atoms with Crippen molar-refractivity contribution in [2.45, 2.75) is 0 Å². The van der Waals surface area contributed by atoms with Crippen LogP contribution in [0.5, 0.6) is 0 Å². The summed E-state index contributed by atoms with van der Waals surface area (Å²) >= 11 is 0. The van der Waals surface area contributed by atoms with E-state index in [0.29, 0.717) is 0 Å². The van der Waals surface area contributed by atoms with Crippen molar-refractivity contribution >= 4 is 27.6 Å². The Morgan fingerprint density at radius 1 is 0.840 bits per heavy atom. The zero-order chi connectivity index (χ0) is 16.6. The second-order valence-corrected chi connectivity index (χ2v) is 6.41. The Bertz CT molecular complexity index is 1050. The van der Waals surface area contributed by atoms with Crippen molar-refractivity contribution in [2.24, 2.45) is 0 Å². The quantitative estimate of drug-likeness (QED) is 0.593. The average Bonchev–Trinajstić information content (AvgIpc) is 3.11. The molecule has 25 heavy (non-hydrogen) atoms. The summed E-state index contributed by atoms with van der Waals surface area (Å²) in [5.74, 6) is 0.818. The van der Waals surface area contributed by atoms with Crippen molar-refractivity contribution in [1.29, 1.82) is 0 Å². The highest BCUT2D eigenvalue weighted by Crippen LogP contribution is 2.25. The maximum Gasteiger partial charge on any atom is 0.157 e. The first kappa shape index (κ1) is 14.4. The minimum Gasteiger partial charge on any atom is -0.369 e. The average molecular weight is 329 g/mol. The molecule has 2 aromatic heterocycles. The maximum atomic E-state index is 4.74. The molecule has 0 amide bonds. The number of pyridine rings is 1. The molecule has 1 saturated heterocycles. The van der Waals surface area contributed by atoms with Crippen LogP contribution in [0.15, 0.2) is 54.6 Å². The van der Waals surface area contributed by atoms with Gasteiger partial charge in [-0.05, 0) is 30.3 Å². The number of aromatic nitrogens is 3. The van der Waals surface area contributed by atoms with E-state index in [1.807, 2.05) is 24.3 Å². The van der Waals surface area contributed by atoms with E-state index in [1.165, 1.54) is 5.69 Å². The van der Waals surface area contributed by atoms with Gasteiger partial charge in [0.15, 0.2) is 5.82 Å². The number of hydrogen-bond donors (Lipinski definition) is 2. The zero-order valence-corrected chi connectivity index (χ0v) is 13.9. The molecule has 4 aromatic rings. The molecule has 0 unspecified atom stereocenters. The standard InChI is InChI=1S/C20H19N5/c1-2-4-16-14(3-1)5-7-18(22-16)20-23-17-8-6-15(13-19(17)24-20)25-11-9-21-10-12-25/h1-8,13,21H,9-12H2,(H,23,24). The molecule has 0 bridgehead atoms. The summed E-state index contributed by atoms with van der Waals surface area (Å²) in [7, 11) is 0. The molecular formula is C20H19N5. The number of anilines is 1. The third kappa shape index (κ3) is 2.62. The van der Waals surface area contributed by atoms with Crippen LogP contribution in [-0.4, -0.2) is 41.1 Å². The van der Waals surface area contributed by atoms with Crippen LogP contribution in [0.25, 0.3) is 33.5 Å². The van der Waals surface area contributed by atoms with E-state index >= 15 is 0 Å². The van der Waals surface area contributed by atoms with Crippen LogP contribution in [0.1, 0.15) is 0 Å². The number of rotatable bonds is 2. The Kier molecular flexibility index (Phi) is 3.38. The van der Waals surface area contributed by atoms with Gasteiger partial charge in [-0.3, -0.25) is 0 Å². The Hall–Kier alpha value is -2.92. The van der Waals surface area contributed by atoms with E-state index in [1.54, 1.807) is 0 Å². The van der Waals surface area contributed by atoms with E-state index in [-0.39, 0.29) is 0 Å². The number of para-hydroxylation sites is 1. The lowest BCUT2D eigenvalue weighted by Crippen LogP contribution is -2.43. The van der Waals surface area contributed by atoms with Crippen LogP contribution in [-0.2, 0) is 0 Å². The summed E-state index contributed by atoms with van der Waals surface area (Å²) < 4.78 is 0. The number of fused-ring (bicyclic) bond motifs is 2. The van der Waals surface area contributed by atoms with Crippen molar-refractivity contribution in [3.63, 3.8) is 0 Å². The van der Waals surface area contributed by atoms with Gasteiger partial charge in [0.2, 0.25) is 0 Å². The third-order valence-corrected chi connectivity index (χ3v) is 4.79. The van der Waals surface area contributed by atoms with Crippen LogP contribution in [0.4, 0.5) is 5.69 Å². The molecule has 1 aliphatic heterocycles. The summed E-state index contributed by atoms with van der Waals surface area (Å²) in [6, 6.07) is 18.7.